The predicted octanol–water partition coefficient (Wildman–Crippen LogP) is 2.01. The molecule has 1 aliphatic rings. The van der Waals surface area contributed by atoms with Crippen molar-refractivity contribution in [2.75, 3.05) is 44.3 Å². The van der Waals surface area contributed by atoms with Crippen LogP contribution in [-0.2, 0) is 29.0 Å². The second-order valence-electron chi connectivity index (χ2n) is 8.11. The van der Waals surface area contributed by atoms with Gasteiger partial charge in [0, 0.05) is 43.9 Å². The molecule has 2 N–H and O–H groups in total. The molecule has 0 bridgehead atoms. The summed E-state index contributed by atoms with van der Waals surface area (Å²) in [5.74, 6) is 0.502. The fraction of sp³-hybridized carbons (Fsp3) is 0.542. The van der Waals surface area contributed by atoms with Crippen LogP contribution >= 0.6 is 0 Å². The number of anilines is 1. The highest BCUT2D eigenvalue weighted by molar-refractivity contribution is 5.76. The molecule has 1 fully saturated rings. The lowest BCUT2D eigenvalue weighted by Crippen LogP contribution is -2.38. The number of benzene rings is 1. The molecule has 1 aliphatic heterocycles. The van der Waals surface area contributed by atoms with Crippen LogP contribution in [0.5, 0.6) is 0 Å². The Balaban J connectivity index is 1.49. The van der Waals surface area contributed by atoms with Crippen LogP contribution in [0.2, 0.25) is 0 Å². The van der Waals surface area contributed by atoms with E-state index < -0.39 is 0 Å². The Morgan fingerprint density at radius 3 is 2.44 bits per heavy atom. The summed E-state index contributed by atoms with van der Waals surface area (Å²) in [5, 5.41) is 2.95. The van der Waals surface area contributed by atoms with Crippen molar-refractivity contribution in [3.8, 4) is 0 Å². The number of carbonyl (C=O) groups is 1. The van der Waals surface area contributed by atoms with Crippen LogP contribution < -0.4 is 15.8 Å². The van der Waals surface area contributed by atoms with Crippen molar-refractivity contribution in [3.63, 3.8) is 0 Å². The van der Waals surface area contributed by atoms with E-state index in [9.17, 15) is 9.59 Å². The topological polar surface area (TPSA) is 90.6 Å². The SMILES string of the molecule is CCN(CC)Cc1ccc(CNC(=O)CCc2c(C)nc(N3CCOCC3)[nH]c2=O)cc1. The Labute approximate surface area is 190 Å². The van der Waals surface area contributed by atoms with Gasteiger partial charge in [-0.15, -0.1) is 0 Å². The number of rotatable bonds is 10. The molecule has 8 heteroatoms. The number of nitrogens with one attached hydrogen (secondary N) is 2. The van der Waals surface area contributed by atoms with E-state index in [2.05, 4.69) is 58.3 Å². The molecule has 3 rings (SSSR count). The molecule has 2 heterocycles. The van der Waals surface area contributed by atoms with Gasteiger partial charge in [-0.05, 0) is 37.6 Å². The maximum Gasteiger partial charge on any atom is 0.255 e. The molecule has 174 valence electrons. The maximum absolute atomic E-state index is 12.6. The van der Waals surface area contributed by atoms with Crippen molar-refractivity contribution >= 4 is 11.9 Å². The third-order valence-corrected chi connectivity index (χ3v) is 5.94. The van der Waals surface area contributed by atoms with Crippen LogP contribution in [0.25, 0.3) is 0 Å². The molecule has 0 aliphatic carbocycles. The minimum absolute atomic E-state index is 0.0757. The first-order valence-corrected chi connectivity index (χ1v) is 11.5. The van der Waals surface area contributed by atoms with Gasteiger partial charge in [-0.1, -0.05) is 38.1 Å². The fourth-order valence-electron chi connectivity index (χ4n) is 3.81. The average Bonchev–Trinajstić information content (AvgIpc) is 2.82. The van der Waals surface area contributed by atoms with Gasteiger partial charge in [0.2, 0.25) is 11.9 Å². The molecule has 0 saturated carbocycles. The van der Waals surface area contributed by atoms with Crippen LogP contribution in [0.1, 0.15) is 42.7 Å². The van der Waals surface area contributed by atoms with E-state index in [0.29, 0.717) is 56.5 Å². The molecular weight excluding hydrogens is 406 g/mol. The maximum atomic E-state index is 12.6. The Morgan fingerprint density at radius 1 is 1.16 bits per heavy atom. The summed E-state index contributed by atoms with van der Waals surface area (Å²) >= 11 is 0. The first kappa shape index (κ1) is 23.9. The number of hydrogen-bond donors (Lipinski definition) is 2. The molecule has 0 atom stereocenters. The van der Waals surface area contributed by atoms with Crippen molar-refractivity contribution in [1.82, 2.24) is 20.2 Å². The van der Waals surface area contributed by atoms with E-state index in [0.717, 1.165) is 25.2 Å². The van der Waals surface area contributed by atoms with Crippen LogP contribution in [0.4, 0.5) is 5.95 Å². The highest BCUT2D eigenvalue weighted by atomic mass is 16.5. The van der Waals surface area contributed by atoms with Crippen molar-refractivity contribution in [2.45, 2.75) is 46.7 Å². The van der Waals surface area contributed by atoms with Crippen LogP contribution in [0.15, 0.2) is 29.1 Å². The Bertz CT molecular complexity index is 932. The first-order valence-electron chi connectivity index (χ1n) is 11.5. The molecule has 2 aromatic rings. The number of ether oxygens (including phenoxy) is 1. The van der Waals surface area contributed by atoms with Crippen molar-refractivity contribution in [1.29, 1.82) is 0 Å². The lowest BCUT2D eigenvalue weighted by atomic mass is 10.1. The molecule has 1 aromatic carbocycles. The van der Waals surface area contributed by atoms with Gasteiger partial charge in [-0.2, -0.15) is 0 Å². The van der Waals surface area contributed by atoms with Crippen LogP contribution in [-0.4, -0.2) is 60.2 Å². The third kappa shape index (κ3) is 6.64. The Morgan fingerprint density at radius 2 is 1.81 bits per heavy atom. The zero-order valence-corrected chi connectivity index (χ0v) is 19.4. The van der Waals surface area contributed by atoms with Gasteiger partial charge in [0.05, 0.1) is 13.2 Å². The molecule has 1 saturated heterocycles. The summed E-state index contributed by atoms with van der Waals surface area (Å²) in [4.78, 5) is 36.7. The highest BCUT2D eigenvalue weighted by Gasteiger charge is 2.16. The van der Waals surface area contributed by atoms with Crippen molar-refractivity contribution in [3.05, 3.63) is 57.0 Å². The number of amides is 1. The van der Waals surface area contributed by atoms with Gasteiger partial charge >= 0.3 is 0 Å². The number of H-pyrrole nitrogens is 1. The van der Waals surface area contributed by atoms with Gasteiger partial charge in [-0.25, -0.2) is 4.98 Å². The van der Waals surface area contributed by atoms with Gasteiger partial charge in [-0.3, -0.25) is 19.5 Å². The third-order valence-electron chi connectivity index (χ3n) is 5.94. The summed E-state index contributed by atoms with van der Waals surface area (Å²) in [7, 11) is 0. The second kappa shape index (κ2) is 11.8. The molecule has 32 heavy (non-hydrogen) atoms. The monoisotopic (exact) mass is 441 g/mol. The van der Waals surface area contributed by atoms with Crippen molar-refractivity contribution in [2.24, 2.45) is 0 Å². The molecule has 8 nitrogen and oxygen atoms in total. The van der Waals surface area contributed by atoms with E-state index >= 15 is 0 Å². The molecule has 0 unspecified atom stereocenters. The number of carbonyl (C=O) groups excluding carboxylic acids is 1. The average molecular weight is 442 g/mol. The molecule has 0 spiro atoms. The summed E-state index contributed by atoms with van der Waals surface area (Å²) in [6, 6.07) is 8.35. The smallest absolute Gasteiger partial charge is 0.255 e. The molecule has 1 aromatic heterocycles. The summed E-state index contributed by atoms with van der Waals surface area (Å²) in [6.07, 6.45) is 0.620. The lowest BCUT2D eigenvalue weighted by molar-refractivity contribution is -0.121. The first-order chi connectivity index (χ1) is 15.5. The Kier molecular flexibility index (Phi) is 8.81. The number of morpholine rings is 1. The summed E-state index contributed by atoms with van der Waals surface area (Å²) < 4.78 is 5.35. The molecule has 0 radical (unpaired) electrons. The summed E-state index contributed by atoms with van der Waals surface area (Å²) in [5.41, 5.74) is 3.40. The summed E-state index contributed by atoms with van der Waals surface area (Å²) in [6.45, 7) is 12.3. The minimum Gasteiger partial charge on any atom is -0.378 e. The van der Waals surface area contributed by atoms with E-state index in [-0.39, 0.29) is 17.9 Å². The van der Waals surface area contributed by atoms with Gasteiger partial charge < -0.3 is 15.0 Å². The van der Waals surface area contributed by atoms with Crippen molar-refractivity contribution < 1.29 is 9.53 Å². The van der Waals surface area contributed by atoms with E-state index in [1.54, 1.807) is 0 Å². The zero-order valence-electron chi connectivity index (χ0n) is 19.4. The molecular formula is C24H35N5O3. The number of aryl methyl sites for hydroxylation is 1. The van der Waals surface area contributed by atoms with E-state index in [4.69, 9.17) is 4.74 Å². The Hall–Kier alpha value is -2.71. The minimum atomic E-state index is -0.171. The number of hydrogen-bond acceptors (Lipinski definition) is 6. The number of aromatic nitrogens is 2. The zero-order chi connectivity index (χ0) is 22.9. The number of aromatic amines is 1. The van der Waals surface area contributed by atoms with Gasteiger partial charge in [0.1, 0.15) is 0 Å². The predicted molar refractivity (Wildman–Crippen MR) is 126 cm³/mol. The lowest BCUT2D eigenvalue weighted by Gasteiger charge is -2.27. The number of nitrogens with zero attached hydrogens (tertiary/aromatic N) is 3. The van der Waals surface area contributed by atoms with Crippen LogP contribution in [0, 0.1) is 6.92 Å². The van der Waals surface area contributed by atoms with Gasteiger partial charge in [0.25, 0.3) is 5.56 Å². The largest absolute Gasteiger partial charge is 0.378 e. The standard InChI is InChI=1S/C24H35N5O3/c1-4-28(5-2)17-20-8-6-19(7-9-20)16-25-22(30)11-10-21-18(3)26-24(27-23(21)31)29-12-14-32-15-13-29/h6-9H,4-5,10-17H2,1-3H3,(H,25,30)(H,26,27,31). The highest BCUT2D eigenvalue weighted by Crippen LogP contribution is 2.12. The van der Waals surface area contributed by atoms with Gasteiger partial charge in [0.15, 0.2) is 0 Å². The normalized spacial score (nSPS) is 14.1. The molecule has 1 amide bonds. The van der Waals surface area contributed by atoms with E-state index in [1.807, 2.05) is 11.8 Å². The van der Waals surface area contributed by atoms with Crippen LogP contribution in [0.3, 0.4) is 0 Å². The quantitative estimate of drug-likeness (QED) is 0.586. The second-order valence-corrected chi connectivity index (χ2v) is 8.11. The fourth-order valence-corrected chi connectivity index (χ4v) is 3.81. The van der Waals surface area contributed by atoms with E-state index in [1.165, 1.54) is 5.56 Å².